The number of carboxylic acids is 4. The number of carboxylic acid groups (broad SMARTS) is 4. The van der Waals surface area contributed by atoms with Crippen LogP contribution in [0.25, 0.3) is 0 Å². The molecule has 0 bridgehead atoms. The van der Waals surface area contributed by atoms with Crippen LogP contribution in [0.5, 0.6) is 0 Å². The van der Waals surface area contributed by atoms with Gasteiger partial charge in [0, 0.05) is 13.1 Å². The zero-order valence-electron chi connectivity index (χ0n) is 12.6. The van der Waals surface area contributed by atoms with Gasteiger partial charge in [0.05, 0.1) is 26.2 Å². The lowest BCUT2D eigenvalue weighted by Crippen LogP contribution is -2.43. The molecule has 13 heteroatoms. The van der Waals surface area contributed by atoms with Gasteiger partial charge in [0.2, 0.25) is 0 Å². The predicted octanol–water partition coefficient (Wildman–Crippen LogP) is -2.88. The Bertz CT molecular complexity index is 401. The van der Waals surface area contributed by atoms with Crippen LogP contribution in [-0.2, 0) is 19.2 Å². The van der Waals surface area contributed by atoms with Crippen molar-refractivity contribution >= 4 is 41.2 Å². The lowest BCUT2D eigenvalue weighted by atomic mass is 10.4. The van der Waals surface area contributed by atoms with E-state index in [1.807, 2.05) is 0 Å². The second-order valence-electron chi connectivity index (χ2n) is 4.40. The standard InChI is InChI=1S/C10H16N2O8.CH4N2S/c13-7(14)3-11(4-8(15)16)1-2-12(5-9(17)18)6-10(19)20;2-1(3)4/h1-6H2,(H,13,14)(H,15,16)(H,17,18)(H,19,20);(H4,2,3,4). The van der Waals surface area contributed by atoms with Crippen LogP contribution in [0.2, 0.25) is 0 Å². The van der Waals surface area contributed by atoms with Crippen LogP contribution < -0.4 is 11.5 Å². The van der Waals surface area contributed by atoms with E-state index in [0.717, 1.165) is 9.80 Å². The summed E-state index contributed by atoms with van der Waals surface area (Å²) in [6.45, 7) is -2.25. The van der Waals surface area contributed by atoms with Crippen LogP contribution >= 0.6 is 12.2 Å². The minimum Gasteiger partial charge on any atom is -0.480 e. The van der Waals surface area contributed by atoms with Crippen LogP contribution in [0.15, 0.2) is 0 Å². The fourth-order valence-electron chi connectivity index (χ4n) is 1.48. The highest BCUT2D eigenvalue weighted by atomic mass is 32.1. The Hall–Kier alpha value is -2.51. The molecule has 0 atom stereocenters. The van der Waals surface area contributed by atoms with Gasteiger partial charge in [-0.05, 0) is 12.2 Å². The Kier molecular flexibility index (Phi) is 12.8. The van der Waals surface area contributed by atoms with Gasteiger partial charge in [0.15, 0.2) is 5.11 Å². The van der Waals surface area contributed by atoms with E-state index in [-0.39, 0.29) is 18.2 Å². The van der Waals surface area contributed by atoms with Crippen LogP contribution in [0.3, 0.4) is 0 Å². The molecule has 12 nitrogen and oxygen atoms in total. The van der Waals surface area contributed by atoms with E-state index >= 15 is 0 Å². The van der Waals surface area contributed by atoms with Gasteiger partial charge in [-0.2, -0.15) is 0 Å². The Morgan fingerprint density at radius 3 is 0.958 bits per heavy atom. The quantitative estimate of drug-likeness (QED) is 0.203. The Labute approximate surface area is 142 Å². The maximum atomic E-state index is 10.6. The van der Waals surface area contributed by atoms with E-state index in [1.54, 1.807) is 0 Å². The summed E-state index contributed by atoms with van der Waals surface area (Å²) in [5, 5.41) is 34.5. The largest absolute Gasteiger partial charge is 0.480 e. The smallest absolute Gasteiger partial charge is 0.317 e. The fourth-order valence-corrected chi connectivity index (χ4v) is 1.48. The first-order valence-corrected chi connectivity index (χ1v) is 6.71. The summed E-state index contributed by atoms with van der Waals surface area (Å²) in [5.74, 6) is -4.91. The molecule has 0 rings (SSSR count). The van der Waals surface area contributed by atoms with E-state index in [0.29, 0.717) is 0 Å². The first-order chi connectivity index (χ1) is 10.9. The summed E-state index contributed by atoms with van der Waals surface area (Å²) < 4.78 is 0. The van der Waals surface area contributed by atoms with E-state index < -0.39 is 50.1 Å². The zero-order chi connectivity index (χ0) is 19.3. The third-order valence-electron chi connectivity index (χ3n) is 2.17. The normalized spacial score (nSPS) is 9.92. The molecule has 0 aromatic rings. The molecule has 138 valence electrons. The molecule has 0 aliphatic heterocycles. The van der Waals surface area contributed by atoms with Crippen LogP contribution in [0.4, 0.5) is 0 Å². The summed E-state index contributed by atoms with van der Waals surface area (Å²) in [6, 6.07) is 0. The number of aliphatic carboxylic acids is 4. The maximum Gasteiger partial charge on any atom is 0.317 e. The Morgan fingerprint density at radius 1 is 0.667 bits per heavy atom. The minimum atomic E-state index is -1.23. The highest BCUT2D eigenvalue weighted by Gasteiger charge is 2.17. The van der Waals surface area contributed by atoms with Crippen molar-refractivity contribution < 1.29 is 39.6 Å². The molecule has 0 radical (unpaired) electrons. The molecular weight excluding hydrogens is 348 g/mol. The second kappa shape index (κ2) is 13.0. The summed E-state index contributed by atoms with van der Waals surface area (Å²) in [5.41, 5.74) is 9.24. The lowest BCUT2D eigenvalue weighted by Gasteiger charge is -2.23. The predicted molar refractivity (Wildman–Crippen MR) is 84.4 cm³/mol. The van der Waals surface area contributed by atoms with Crippen molar-refractivity contribution in [2.24, 2.45) is 11.5 Å². The number of nitrogens with zero attached hydrogens (tertiary/aromatic N) is 2. The van der Waals surface area contributed by atoms with Gasteiger partial charge in [-0.1, -0.05) is 0 Å². The van der Waals surface area contributed by atoms with Crippen molar-refractivity contribution in [3.05, 3.63) is 0 Å². The molecular formula is C11H20N4O8S. The van der Waals surface area contributed by atoms with E-state index in [9.17, 15) is 19.2 Å². The molecule has 0 fully saturated rings. The monoisotopic (exact) mass is 368 g/mol. The lowest BCUT2D eigenvalue weighted by molar-refractivity contribution is -0.145. The topological polar surface area (TPSA) is 208 Å². The van der Waals surface area contributed by atoms with Gasteiger partial charge in [0.25, 0.3) is 0 Å². The van der Waals surface area contributed by atoms with Gasteiger partial charge in [-0.25, -0.2) is 0 Å². The van der Waals surface area contributed by atoms with Gasteiger partial charge < -0.3 is 31.9 Å². The number of thiocarbonyl (C=S) groups is 1. The van der Waals surface area contributed by atoms with Crippen molar-refractivity contribution in [3.8, 4) is 0 Å². The van der Waals surface area contributed by atoms with Crippen LogP contribution in [0, 0.1) is 0 Å². The third kappa shape index (κ3) is 19.5. The second-order valence-corrected chi connectivity index (χ2v) is 4.87. The molecule has 0 amide bonds. The zero-order valence-corrected chi connectivity index (χ0v) is 13.4. The highest BCUT2D eigenvalue weighted by molar-refractivity contribution is 7.80. The number of rotatable bonds is 11. The summed E-state index contributed by atoms with van der Waals surface area (Å²) in [6.07, 6.45) is 0. The Morgan fingerprint density at radius 2 is 0.833 bits per heavy atom. The van der Waals surface area contributed by atoms with Crippen LogP contribution in [-0.4, -0.2) is 98.5 Å². The number of hydrogen-bond donors (Lipinski definition) is 6. The molecule has 0 aromatic carbocycles. The van der Waals surface area contributed by atoms with Crippen molar-refractivity contribution in [3.63, 3.8) is 0 Å². The van der Waals surface area contributed by atoms with Gasteiger partial charge in [-0.3, -0.25) is 29.0 Å². The summed E-state index contributed by atoms with van der Waals surface area (Å²) in [7, 11) is 0. The molecule has 0 aliphatic carbocycles. The maximum absolute atomic E-state index is 10.6. The number of hydrogen-bond acceptors (Lipinski definition) is 7. The average molecular weight is 368 g/mol. The van der Waals surface area contributed by atoms with Crippen LogP contribution in [0.1, 0.15) is 0 Å². The van der Waals surface area contributed by atoms with Gasteiger partial charge in [-0.15, -0.1) is 0 Å². The van der Waals surface area contributed by atoms with Crippen molar-refractivity contribution in [2.45, 2.75) is 0 Å². The van der Waals surface area contributed by atoms with Gasteiger partial charge in [0.1, 0.15) is 0 Å². The molecule has 0 saturated carbocycles. The molecule has 0 aliphatic rings. The summed E-state index contributed by atoms with van der Waals surface area (Å²) in [4.78, 5) is 44.4. The first-order valence-electron chi connectivity index (χ1n) is 6.30. The molecule has 0 saturated heterocycles. The summed E-state index contributed by atoms with van der Waals surface area (Å²) >= 11 is 4.09. The van der Waals surface area contributed by atoms with E-state index in [1.165, 1.54) is 0 Å². The fraction of sp³-hybridized carbons (Fsp3) is 0.545. The minimum absolute atomic E-state index is 0.000000000000000222. The highest BCUT2D eigenvalue weighted by Crippen LogP contribution is 1.94. The molecule has 0 spiro atoms. The number of carbonyl (C=O) groups is 4. The average Bonchev–Trinajstić information content (AvgIpc) is 2.32. The first kappa shape index (κ1) is 23.8. The Balaban J connectivity index is 0. The third-order valence-corrected chi connectivity index (χ3v) is 2.17. The van der Waals surface area contributed by atoms with E-state index in [2.05, 4.69) is 23.7 Å². The van der Waals surface area contributed by atoms with Crippen molar-refractivity contribution in [2.75, 3.05) is 39.3 Å². The molecule has 0 unspecified atom stereocenters. The SMILES string of the molecule is NC(N)=S.O=C(O)CN(CCN(CC(=O)O)CC(=O)O)CC(=O)O. The van der Waals surface area contributed by atoms with E-state index in [4.69, 9.17) is 20.4 Å². The molecule has 0 aromatic heterocycles. The van der Waals surface area contributed by atoms with Gasteiger partial charge >= 0.3 is 23.9 Å². The molecule has 8 N–H and O–H groups in total. The van der Waals surface area contributed by atoms with Crippen molar-refractivity contribution in [1.29, 1.82) is 0 Å². The van der Waals surface area contributed by atoms with Crippen molar-refractivity contribution in [1.82, 2.24) is 9.80 Å². The molecule has 0 heterocycles. The number of nitrogens with two attached hydrogens (primary N) is 2. The molecule has 24 heavy (non-hydrogen) atoms.